The van der Waals surface area contributed by atoms with Gasteiger partial charge in [-0.05, 0) is 56.7 Å². The number of rotatable bonds is 9. The van der Waals surface area contributed by atoms with E-state index in [2.05, 4.69) is 5.32 Å². The fourth-order valence-corrected chi connectivity index (χ4v) is 4.10. The molecule has 2 aromatic carbocycles. The van der Waals surface area contributed by atoms with Gasteiger partial charge in [0.25, 0.3) is 0 Å². The van der Waals surface area contributed by atoms with Crippen LogP contribution in [0.1, 0.15) is 37.8 Å². The van der Waals surface area contributed by atoms with Crippen LogP contribution in [0.5, 0.6) is 0 Å². The van der Waals surface area contributed by atoms with E-state index in [1.807, 2.05) is 42.5 Å². The fourth-order valence-electron chi connectivity index (χ4n) is 4.10. The number of benzene rings is 2. The third kappa shape index (κ3) is 5.53. The van der Waals surface area contributed by atoms with Gasteiger partial charge in [-0.15, -0.1) is 0 Å². The van der Waals surface area contributed by atoms with Crippen LogP contribution in [-0.2, 0) is 32.0 Å². The molecule has 0 bridgehead atoms. The zero-order chi connectivity index (χ0) is 23.1. The van der Waals surface area contributed by atoms with Crippen LogP contribution in [0.2, 0.25) is 0 Å². The monoisotopic (exact) mass is 438 g/mol. The van der Waals surface area contributed by atoms with Crippen molar-refractivity contribution < 1.29 is 24.2 Å². The number of amides is 1. The van der Waals surface area contributed by atoms with Gasteiger partial charge < -0.3 is 9.84 Å². The van der Waals surface area contributed by atoms with E-state index in [1.54, 1.807) is 26.0 Å². The van der Waals surface area contributed by atoms with Gasteiger partial charge in [0.05, 0.1) is 12.6 Å². The molecule has 0 spiro atoms. The highest BCUT2D eigenvalue weighted by Gasteiger charge is 2.38. The van der Waals surface area contributed by atoms with Crippen molar-refractivity contribution >= 4 is 23.5 Å². The molecule has 170 valence electrons. The van der Waals surface area contributed by atoms with Crippen molar-refractivity contribution in [2.45, 2.75) is 57.7 Å². The van der Waals surface area contributed by atoms with Crippen molar-refractivity contribution in [3.63, 3.8) is 0 Å². The summed E-state index contributed by atoms with van der Waals surface area (Å²) in [6, 6.07) is 14.7. The molecule has 1 aliphatic heterocycles. The maximum Gasteiger partial charge on any atom is 0.326 e. The Morgan fingerprint density at radius 1 is 1.12 bits per heavy atom. The molecule has 0 aliphatic carbocycles. The van der Waals surface area contributed by atoms with Crippen LogP contribution < -0.4 is 10.2 Å². The zero-order valence-electron chi connectivity index (χ0n) is 18.5. The van der Waals surface area contributed by atoms with Crippen LogP contribution >= 0.6 is 0 Å². The molecule has 2 aromatic rings. The summed E-state index contributed by atoms with van der Waals surface area (Å²) in [4.78, 5) is 39.2. The Hall–Kier alpha value is -3.19. The predicted molar refractivity (Wildman–Crippen MR) is 121 cm³/mol. The number of nitrogens with one attached hydrogen (secondary N) is 1. The van der Waals surface area contributed by atoms with Crippen LogP contribution in [0, 0.1) is 0 Å². The second-order valence-corrected chi connectivity index (χ2v) is 7.95. The standard InChI is InChI=1S/C25H30N2O5/c1-3-32-25(31)20(15-13-18-9-5-4-6-10-18)26-17(2)23(28)27-21-12-8-7-11-19(21)14-16-22(27)24(29)30/h4-12,17,20,22,26H,3,13-16H2,1-2H3,(H,29,30)/t17-,20?,22-/m0/s1. The van der Waals surface area contributed by atoms with E-state index in [-0.39, 0.29) is 12.5 Å². The van der Waals surface area contributed by atoms with Gasteiger partial charge in [-0.3, -0.25) is 19.8 Å². The number of aliphatic carboxylic acids is 1. The number of carbonyl (C=O) groups excluding carboxylic acids is 2. The molecule has 0 radical (unpaired) electrons. The summed E-state index contributed by atoms with van der Waals surface area (Å²) < 4.78 is 5.21. The molecule has 3 atom stereocenters. The van der Waals surface area contributed by atoms with E-state index in [0.29, 0.717) is 31.4 Å². The summed E-state index contributed by atoms with van der Waals surface area (Å²) in [6.45, 7) is 3.64. The van der Waals surface area contributed by atoms with Crippen LogP contribution in [0.4, 0.5) is 5.69 Å². The van der Waals surface area contributed by atoms with E-state index in [9.17, 15) is 19.5 Å². The Kier molecular flexibility index (Phi) is 8.00. The average Bonchev–Trinajstić information content (AvgIpc) is 2.81. The third-order valence-corrected chi connectivity index (χ3v) is 5.73. The number of nitrogens with zero attached hydrogens (tertiary/aromatic N) is 1. The van der Waals surface area contributed by atoms with Gasteiger partial charge in [0.1, 0.15) is 12.1 Å². The summed E-state index contributed by atoms with van der Waals surface area (Å²) in [5, 5.41) is 12.8. The second kappa shape index (κ2) is 10.9. The Labute approximate surface area is 188 Å². The van der Waals surface area contributed by atoms with E-state index >= 15 is 0 Å². The average molecular weight is 439 g/mol. The van der Waals surface area contributed by atoms with Gasteiger partial charge in [-0.25, -0.2) is 4.79 Å². The van der Waals surface area contributed by atoms with Crippen LogP contribution in [0.15, 0.2) is 54.6 Å². The third-order valence-electron chi connectivity index (χ3n) is 5.73. The van der Waals surface area contributed by atoms with Gasteiger partial charge in [0.2, 0.25) is 5.91 Å². The summed E-state index contributed by atoms with van der Waals surface area (Å²) in [6.07, 6.45) is 2.04. The molecule has 1 amide bonds. The van der Waals surface area contributed by atoms with Crippen LogP contribution in [-0.4, -0.2) is 47.7 Å². The molecule has 3 rings (SSSR count). The fraction of sp³-hybridized carbons (Fsp3) is 0.400. The van der Waals surface area contributed by atoms with E-state index in [0.717, 1.165) is 11.1 Å². The molecule has 0 fully saturated rings. The quantitative estimate of drug-likeness (QED) is 0.585. The topological polar surface area (TPSA) is 95.9 Å². The minimum absolute atomic E-state index is 0.241. The van der Waals surface area contributed by atoms with Crippen LogP contribution in [0.25, 0.3) is 0 Å². The van der Waals surface area contributed by atoms with E-state index in [4.69, 9.17) is 4.74 Å². The molecule has 1 heterocycles. The second-order valence-electron chi connectivity index (χ2n) is 7.95. The largest absolute Gasteiger partial charge is 0.480 e. The van der Waals surface area contributed by atoms with Gasteiger partial charge in [0.15, 0.2) is 0 Å². The number of esters is 1. The minimum atomic E-state index is -1.04. The Morgan fingerprint density at radius 3 is 2.50 bits per heavy atom. The van der Waals surface area contributed by atoms with E-state index in [1.165, 1.54) is 4.90 Å². The summed E-state index contributed by atoms with van der Waals surface area (Å²) >= 11 is 0. The number of para-hydroxylation sites is 1. The highest BCUT2D eigenvalue weighted by Crippen LogP contribution is 2.31. The van der Waals surface area contributed by atoms with Crippen molar-refractivity contribution in [1.82, 2.24) is 5.32 Å². The normalized spacial score (nSPS) is 17.2. The van der Waals surface area contributed by atoms with Gasteiger partial charge in [-0.1, -0.05) is 48.5 Å². The van der Waals surface area contributed by atoms with E-state index < -0.39 is 30.1 Å². The molecule has 7 nitrogen and oxygen atoms in total. The number of hydrogen-bond donors (Lipinski definition) is 2. The number of carboxylic acids is 1. The number of fused-ring (bicyclic) bond motifs is 1. The Balaban J connectivity index is 1.78. The lowest BCUT2D eigenvalue weighted by atomic mass is 9.94. The molecule has 1 unspecified atom stereocenters. The van der Waals surface area contributed by atoms with Crippen molar-refractivity contribution in [1.29, 1.82) is 0 Å². The molecule has 0 saturated carbocycles. The maximum atomic E-state index is 13.4. The maximum absolute atomic E-state index is 13.4. The SMILES string of the molecule is CCOC(=O)C(CCc1ccccc1)N[C@@H](C)C(=O)N1c2ccccc2CC[C@H]1C(=O)O. The smallest absolute Gasteiger partial charge is 0.326 e. The molecule has 0 aromatic heterocycles. The minimum Gasteiger partial charge on any atom is -0.480 e. The number of hydrogen-bond acceptors (Lipinski definition) is 5. The summed E-state index contributed by atoms with van der Waals surface area (Å²) in [7, 11) is 0. The molecule has 7 heteroatoms. The number of carboxylic acid groups (broad SMARTS) is 1. The van der Waals surface area contributed by atoms with Crippen molar-refractivity contribution in [2.75, 3.05) is 11.5 Å². The Bertz CT molecular complexity index is 946. The van der Waals surface area contributed by atoms with Crippen molar-refractivity contribution in [3.8, 4) is 0 Å². The summed E-state index contributed by atoms with van der Waals surface area (Å²) in [5.41, 5.74) is 2.64. The first-order chi connectivity index (χ1) is 15.4. The highest BCUT2D eigenvalue weighted by atomic mass is 16.5. The van der Waals surface area contributed by atoms with Crippen molar-refractivity contribution in [2.24, 2.45) is 0 Å². The molecule has 32 heavy (non-hydrogen) atoms. The highest BCUT2D eigenvalue weighted by molar-refractivity contribution is 6.03. The van der Waals surface area contributed by atoms with Gasteiger partial charge >= 0.3 is 11.9 Å². The number of anilines is 1. The first-order valence-corrected chi connectivity index (χ1v) is 11.0. The molecular formula is C25H30N2O5. The lowest BCUT2D eigenvalue weighted by molar-refractivity contribution is -0.146. The predicted octanol–water partition coefficient (Wildman–Crippen LogP) is 2.96. The molecule has 0 saturated heterocycles. The lowest BCUT2D eigenvalue weighted by Gasteiger charge is -2.37. The van der Waals surface area contributed by atoms with Gasteiger partial charge in [-0.2, -0.15) is 0 Å². The Morgan fingerprint density at radius 2 is 1.81 bits per heavy atom. The van der Waals surface area contributed by atoms with Gasteiger partial charge in [0, 0.05) is 5.69 Å². The lowest BCUT2D eigenvalue weighted by Crippen LogP contribution is -2.56. The summed E-state index contributed by atoms with van der Waals surface area (Å²) in [5.74, 6) is -1.83. The zero-order valence-corrected chi connectivity index (χ0v) is 18.5. The first kappa shape index (κ1) is 23.5. The number of carbonyl (C=O) groups is 3. The molecule has 2 N–H and O–H groups in total. The number of aryl methyl sites for hydroxylation is 2. The number of ether oxygens (including phenoxy) is 1. The molecule has 1 aliphatic rings. The molecular weight excluding hydrogens is 408 g/mol. The van der Waals surface area contributed by atoms with Crippen molar-refractivity contribution in [3.05, 3.63) is 65.7 Å². The van der Waals surface area contributed by atoms with Crippen LogP contribution in [0.3, 0.4) is 0 Å². The first-order valence-electron chi connectivity index (χ1n) is 11.0.